The molecule has 0 bridgehead atoms. The second kappa shape index (κ2) is 5.80. The molecule has 4 nitrogen and oxygen atoms in total. The lowest BCUT2D eigenvalue weighted by atomic mass is 10.2. The summed E-state index contributed by atoms with van der Waals surface area (Å²) in [5.41, 5.74) is 0.799. The zero-order chi connectivity index (χ0) is 12.1. The number of nitrogens with one attached hydrogen (secondary N) is 1. The molecule has 1 heterocycles. The maximum atomic E-state index is 6.06. The minimum Gasteiger partial charge on any atom is -0.339 e. The Balaban J connectivity index is 2.10. The zero-order valence-electron chi connectivity index (χ0n) is 9.61. The first-order valence-corrected chi connectivity index (χ1v) is 5.97. The third kappa shape index (κ3) is 3.05. The predicted octanol–water partition coefficient (Wildman–Crippen LogP) is 2.54. The molecule has 1 aromatic heterocycles. The van der Waals surface area contributed by atoms with E-state index in [2.05, 4.69) is 22.4 Å². The number of hydrogen-bond donors (Lipinski definition) is 1. The Morgan fingerprint density at radius 2 is 2.18 bits per heavy atom. The van der Waals surface area contributed by atoms with E-state index in [4.69, 9.17) is 16.1 Å². The Hall–Kier alpha value is -1.39. The van der Waals surface area contributed by atoms with Crippen LogP contribution in [0.15, 0.2) is 28.8 Å². The van der Waals surface area contributed by atoms with Gasteiger partial charge in [0.2, 0.25) is 11.7 Å². The first kappa shape index (κ1) is 12.1. The van der Waals surface area contributed by atoms with Crippen LogP contribution < -0.4 is 5.32 Å². The van der Waals surface area contributed by atoms with Crippen molar-refractivity contribution in [2.45, 2.75) is 13.3 Å². The normalized spacial score (nSPS) is 10.7. The summed E-state index contributed by atoms with van der Waals surface area (Å²) < 4.78 is 5.16. The van der Waals surface area contributed by atoms with Crippen LogP contribution in [0.3, 0.4) is 0 Å². The van der Waals surface area contributed by atoms with Gasteiger partial charge in [0.05, 0.1) is 5.02 Å². The SMILES string of the molecule is CCNCCc1nc(-c2ccccc2Cl)no1. The summed E-state index contributed by atoms with van der Waals surface area (Å²) in [6, 6.07) is 7.46. The molecule has 0 atom stereocenters. The van der Waals surface area contributed by atoms with Crippen molar-refractivity contribution >= 4 is 11.6 Å². The van der Waals surface area contributed by atoms with Crippen molar-refractivity contribution in [1.29, 1.82) is 0 Å². The molecule has 0 amide bonds. The molecule has 0 aliphatic carbocycles. The highest BCUT2D eigenvalue weighted by atomic mass is 35.5. The van der Waals surface area contributed by atoms with Gasteiger partial charge in [0.25, 0.3) is 0 Å². The largest absolute Gasteiger partial charge is 0.339 e. The summed E-state index contributed by atoms with van der Waals surface area (Å²) >= 11 is 6.06. The Bertz CT molecular complexity index is 484. The molecule has 0 aliphatic heterocycles. The van der Waals surface area contributed by atoms with Crippen molar-refractivity contribution in [2.75, 3.05) is 13.1 Å². The molecule has 0 unspecified atom stereocenters. The lowest BCUT2D eigenvalue weighted by Gasteiger charge is -1.96. The van der Waals surface area contributed by atoms with Crippen LogP contribution in [0, 0.1) is 0 Å². The van der Waals surface area contributed by atoms with Crippen LogP contribution in [0.1, 0.15) is 12.8 Å². The van der Waals surface area contributed by atoms with Crippen molar-refractivity contribution in [2.24, 2.45) is 0 Å². The highest BCUT2D eigenvalue weighted by Gasteiger charge is 2.10. The number of hydrogen-bond acceptors (Lipinski definition) is 4. The van der Waals surface area contributed by atoms with Crippen LogP contribution >= 0.6 is 11.6 Å². The van der Waals surface area contributed by atoms with Crippen molar-refractivity contribution < 1.29 is 4.52 Å². The highest BCUT2D eigenvalue weighted by molar-refractivity contribution is 6.33. The summed E-state index contributed by atoms with van der Waals surface area (Å²) in [5, 5.41) is 7.76. The van der Waals surface area contributed by atoms with E-state index in [1.807, 2.05) is 24.3 Å². The fourth-order valence-electron chi connectivity index (χ4n) is 1.48. The summed E-state index contributed by atoms with van der Waals surface area (Å²) in [7, 11) is 0. The van der Waals surface area contributed by atoms with Gasteiger partial charge < -0.3 is 9.84 Å². The van der Waals surface area contributed by atoms with Crippen molar-refractivity contribution in [3.63, 3.8) is 0 Å². The molecular formula is C12H14ClN3O. The molecule has 2 rings (SSSR count). The Labute approximate surface area is 105 Å². The van der Waals surface area contributed by atoms with Gasteiger partial charge in [0, 0.05) is 18.5 Å². The summed E-state index contributed by atoms with van der Waals surface area (Å²) in [6.45, 7) is 3.83. The van der Waals surface area contributed by atoms with E-state index in [0.29, 0.717) is 16.7 Å². The fourth-order valence-corrected chi connectivity index (χ4v) is 1.70. The first-order chi connectivity index (χ1) is 8.31. The number of likely N-dealkylation sites (N-methyl/N-ethyl adjacent to an activating group) is 1. The smallest absolute Gasteiger partial charge is 0.228 e. The molecule has 1 N–H and O–H groups in total. The van der Waals surface area contributed by atoms with Gasteiger partial charge in [-0.1, -0.05) is 35.8 Å². The number of halogens is 1. The number of rotatable bonds is 5. The summed E-state index contributed by atoms with van der Waals surface area (Å²) in [5.74, 6) is 1.17. The Kier molecular flexibility index (Phi) is 4.12. The van der Waals surface area contributed by atoms with Gasteiger partial charge >= 0.3 is 0 Å². The Morgan fingerprint density at radius 1 is 1.35 bits per heavy atom. The van der Waals surface area contributed by atoms with Crippen LogP contribution in [-0.4, -0.2) is 23.2 Å². The average molecular weight is 252 g/mol. The molecule has 17 heavy (non-hydrogen) atoms. The molecule has 1 aromatic carbocycles. The monoisotopic (exact) mass is 251 g/mol. The molecule has 0 aliphatic rings. The molecule has 2 aromatic rings. The van der Waals surface area contributed by atoms with Crippen LogP contribution in [0.2, 0.25) is 5.02 Å². The van der Waals surface area contributed by atoms with E-state index >= 15 is 0 Å². The molecule has 0 spiro atoms. The van der Waals surface area contributed by atoms with Gasteiger partial charge in [-0.05, 0) is 18.7 Å². The topological polar surface area (TPSA) is 51.0 Å². The third-order valence-electron chi connectivity index (χ3n) is 2.35. The predicted molar refractivity (Wildman–Crippen MR) is 67.0 cm³/mol. The van der Waals surface area contributed by atoms with Gasteiger partial charge in [0.15, 0.2) is 0 Å². The first-order valence-electron chi connectivity index (χ1n) is 5.59. The molecule has 0 saturated heterocycles. The van der Waals surface area contributed by atoms with Crippen molar-refractivity contribution in [3.8, 4) is 11.4 Å². The standard InChI is InChI=1S/C12H14ClN3O/c1-2-14-8-7-11-15-12(16-17-11)9-5-3-4-6-10(9)13/h3-6,14H,2,7-8H2,1H3. The molecule has 0 saturated carbocycles. The van der Waals surface area contributed by atoms with Gasteiger partial charge in [-0.15, -0.1) is 0 Å². The van der Waals surface area contributed by atoms with Gasteiger partial charge in [-0.2, -0.15) is 4.98 Å². The second-order valence-electron chi connectivity index (χ2n) is 3.60. The summed E-state index contributed by atoms with van der Waals surface area (Å²) in [6.07, 6.45) is 0.727. The lowest BCUT2D eigenvalue weighted by Crippen LogP contribution is -2.16. The number of benzene rings is 1. The van der Waals surface area contributed by atoms with Crippen LogP contribution in [0.25, 0.3) is 11.4 Å². The summed E-state index contributed by atoms with van der Waals surface area (Å²) in [4.78, 5) is 4.31. The molecule has 5 heteroatoms. The van der Waals surface area contributed by atoms with Crippen LogP contribution in [0.4, 0.5) is 0 Å². The minimum atomic E-state index is 0.544. The fraction of sp³-hybridized carbons (Fsp3) is 0.333. The van der Waals surface area contributed by atoms with Crippen LogP contribution in [0.5, 0.6) is 0 Å². The number of nitrogens with zero attached hydrogens (tertiary/aromatic N) is 2. The number of aromatic nitrogens is 2. The Morgan fingerprint density at radius 3 is 2.94 bits per heavy atom. The van der Waals surface area contributed by atoms with E-state index < -0.39 is 0 Å². The van der Waals surface area contributed by atoms with Gasteiger partial charge in [0.1, 0.15) is 0 Å². The van der Waals surface area contributed by atoms with E-state index in [1.165, 1.54) is 0 Å². The van der Waals surface area contributed by atoms with Gasteiger partial charge in [-0.25, -0.2) is 0 Å². The highest BCUT2D eigenvalue weighted by Crippen LogP contribution is 2.24. The molecule has 0 fully saturated rings. The third-order valence-corrected chi connectivity index (χ3v) is 2.68. The van der Waals surface area contributed by atoms with Gasteiger partial charge in [-0.3, -0.25) is 0 Å². The van der Waals surface area contributed by atoms with E-state index in [0.717, 1.165) is 25.1 Å². The quantitative estimate of drug-likeness (QED) is 0.830. The zero-order valence-corrected chi connectivity index (χ0v) is 10.4. The second-order valence-corrected chi connectivity index (χ2v) is 4.00. The maximum absolute atomic E-state index is 6.06. The van der Waals surface area contributed by atoms with Crippen molar-refractivity contribution in [3.05, 3.63) is 35.2 Å². The van der Waals surface area contributed by atoms with E-state index in [-0.39, 0.29) is 0 Å². The average Bonchev–Trinajstić information content (AvgIpc) is 2.79. The molecular weight excluding hydrogens is 238 g/mol. The van der Waals surface area contributed by atoms with E-state index in [9.17, 15) is 0 Å². The maximum Gasteiger partial charge on any atom is 0.228 e. The minimum absolute atomic E-state index is 0.544. The lowest BCUT2D eigenvalue weighted by molar-refractivity contribution is 0.377. The molecule has 90 valence electrons. The van der Waals surface area contributed by atoms with E-state index in [1.54, 1.807) is 0 Å². The van der Waals surface area contributed by atoms with Crippen molar-refractivity contribution in [1.82, 2.24) is 15.5 Å². The van der Waals surface area contributed by atoms with Crippen LogP contribution in [-0.2, 0) is 6.42 Å². The molecule has 0 radical (unpaired) electrons.